The number of hydrogen-bond acceptors (Lipinski definition) is 6. The topological polar surface area (TPSA) is 68.3 Å². The molecular formula is C12H16BClN4O2. The van der Waals surface area contributed by atoms with Gasteiger partial charge in [0.15, 0.2) is 0 Å². The van der Waals surface area contributed by atoms with Gasteiger partial charge in [0, 0.05) is 14.1 Å². The van der Waals surface area contributed by atoms with Crippen molar-refractivity contribution in [3.05, 3.63) is 36.7 Å². The normalized spacial score (nSPS) is 9.10. The maximum atomic E-state index is 5.41. The van der Waals surface area contributed by atoms with Gasteiger partial charge < -0.3 is 19.9 Å². The molecule has 2 aromatic heterocycles. The van der Waals surface area contributed by atoms with Gasteiger partial charge in [-0.15, -0.1) is 12.4 Å². The van der Waals surface area contributed by atoms with Gasteiger partial charge in [-0.25, -0.2) is 9.97 Å². The summed E-state index contributed by atoms with van der Waals surface area (Å²) in [6.07, 6.45) is 3.27. The van der Waals surface area contributed by atoms with Gasteiger partial charge in [-0.3, -0.25) is 0 Å². The molecule has 8 heteroatoms. The van der Waals surface area contributed by atoms with Gasteiger partial charge >= 0.3 is 7.69 Å². The van der Waals surface area contributed by atoms with E-state index in [0.717, 1.165) is 11.6 Å². The average Bonchev–Trinajstić information content (AvgIpc) is 2.49. The van der Waals surface area contributed by atoms with Gasteiger partial charge in [-0.1, -0.05) is 0 Å². The highest BCUT2D eigenvalue weighted by atomic mass is 35.5. The van der Waals surface area contributed by atoms with Crippen LogP contribution >= 0.6 is 12.4 Å². The van der Waals surface area contributed by atoms with Crippen LogP contribution in [0.4, 0.5) is 11.6 Å². The van der Waals surface area contributed by atoms with Crippen LogP contribution in [0.1, 0.15) is 0 Å². The first-order valence-corrected chi connectivity index (χ1v) is 5.85. The molecule has 2 heterocycles. The highest BCUT2D eigenvalue weighted by Crippen LogP contribution is 2.13. The lowest BCUT2D eigenvalue weighted by Crippen LogP contribution is -2.11. The number of aromatic nitrogens is 2. The van der Waals surface area contributed by atoms with E-state index in [1.807, 2.05) is 38.4 Å². The van der Waals surface area contributed by atoms with Crippen LogP contribution in [0.15, 0.2) is 36.7 Å². The number of hydrogen-bond donors (Lipinski definition) is 2. The third kappa shape index (κ3) is 4.51. The van der Waals surface area contributed by atoms with Gasteiger partial charge in [-0.05, 0) is 24.3 Å². The monoisotopic (exact) mass is 294 g/mol. The molecule has 0 amide bonds. The molecule has 20 heavy (non-hydrogen) atoms. The minimum absolute atomic E-state index is 0. The average molecular weight is 295 g/mol. The number of pyridine rings is 2. The number of anilines is 2. The van der Waals surface area contributed by atoms with Crippen LogP contribution in [0, 0.1) is 0 Å². The summed E-state index contributed by atoms with van der Waals surface area (Å²) in [5.74, 6) is 2.89. The molecule has 0 unspecified atom stereocenters. The minimum atomic E-state index is 0. The van der Waals surface area contributed by atoms with E-state index in [4.69, 9.17) is 9.31 Å². The molecule has 0 bridgehead atoms. The van der Waals surface area contributed by atoms with E-state index in [9.17, 15) is 0 Å². The maximum Gasteiger partial charge on any atom is 0.576 e. The Bertz CT molecular complexity index is 462. The molecule has 0 aliphatic rings. The fraction of sp³-hybridized carbons (Fsp3) is 0.167. The first-order chi connectivity index (χ1) is 9.31. The second-order valence-corrected chi connectivity index (χ2v) is 3.66. The zero-order valence-electron chi connectivity index (χ0n) is 11.3. The smallest absolute Gasteiger partial charge is 0.527 e. The van der Waals surface area contributed by atoms with Crippen molar-refractivity contribution in [2.45, 2.75) is 0 Å². The zero-order chi connectivity index (χ0) is 13.5. The molecule has 0 aliphatic heterocycles. The zero-order valence-corrected chi connectivity index (χ0v) is 12.1. The number of nitrogens with zero attached hydrogens (tertiary/aromatic N) is 2. The van der Waals surface area contributed by atoms with E-state index in [1.165, 1.54) is 0 Å². The summed E-state index contributed by atoms with van der Waals surface area (Å²) in [7, 11) is 3.74. The van der Waals surface area contributed by atoms with Gasteiger partial charge in [-0.2, -0.15) is 0 Å². The van der Waals surface area contributed by atoms with Crippen molar-refractivity contribution in [1.82, 2.24) is 9.97 Å². The Hall–Kier alpha value is -2.15. The number of nitrogens with one attached hydrogen (secondary N) is 2. The second-order valence-electron chi connectivity index (χ2n) is 3.66. The van der Waals surface area contributed by atoms with Crippen molar-refractivity contribution in [2.75, 3.05) is 24.7 Å². The Morgan fingerprint density at radius 3 is 1.60 bits per heavy atom. The van der Waals surface area contributed by atoms with Gasteiger partial charge in [0.2, 0.25) is 0 Å². The fourth-order valence-electron chi connectivity index (χ4n) is 1.39. The Labute approximate surface area is 124 Å². The minimum Gasteiger partial charge on any atom is -0.527 e. The summed E-state index contributed by atoms with van der Waals surface area (Å²) >= 11 is 0. The van der Waals surface area contributed by atoms with Gasteiger partial charge in [0.1, 0.15) is 23.1 Å². The lowest BCUT2D eigenvalue weighted by atomic mass is 10.3. The van der Waals surface area contributed by atoms with Crippen LogP contribution in [-0.2, 0) is 0 Å². The van der Waals surface area contributed by atoms with Crippen molar-refractivity contribution >= 4 is 31.7 Å². The summed E-state index contributed by atoms with van der Waals surface area (Å²) in [4.78, 5) is 8.27. The standard InChI is InChI=1S/C12H15BN4O2.ClH/c1-14-11-5-3-9(7-16-11)18-13-19-10-4-6-12(15-2)17-8-10;/h3-8,13H,1-2H3,(H,14,16)(H,15,17);1H. The van der Waals surface area contributed by atoms with Crippen molar-refractivity contribution in [2.24, 2.45) is 0 Å². The largest absolute Gasteiger partial charge is 0.576 e. The third-order valence-corrected chi connectivity index (χ3v) is 2.44. The summed E-state index contributed by atoms with van der Waals surface area (Å²) in [6, 6.07) is 7.31. The molecule has 0 aliphatic carbocycles. The molecule has 6 nitrogen and oxygen atoms in total. The van der Waals surface area contributed by atoms with Gasteiger partial charge in [0.25, 0.3) is 0 Å². The van der Waals surface area contributed by atoms with Crippen molar-refractivity contribution in [3.8, 4) is 11.5 Å². The van der Waals surface area contributed by atoms with Crippen LogP contribution < -0.4 is 19.9 Å². The number of rotatable bonds is 6. The van der Waals surface area contributed by atoms with Crippen molar-refractivity contribution in [3.63, 3.8) is 0 Å². The summed E-state index contributed by atoms with van der Waals surface area (Å²) < 4.78 is 10.8. The first kappa shape index (κ1) is 15.9. The Morgan fingerprint density at radius 1 is 0.850 bits per heavy atom. The molecule has 0 saturated heterocycles. The van der Waals surface area contributed by atoms with Crippen molar-refractivity contribution < 1.29 is 9.31 Å². The van der Waals surface area contributed by atoms with E-state index in [1.54, 1.807) is 12.4 Å². The summed E-state index contributed by atoms with van der Waals surface area (Å²) in [5, 5.41) is 5.87. The lowest BCUT2D eigenvalue weighted by Gasteiger charge is -2.07. The molecular weight excluding hydrogens is 278 g/mol. The molecule has 2 N–H and O–H groups in total. The van der Waals surface area contributed by atoms with Crippen LogP contribution in [-0.4, -0.2) is 31.7 Å². The van der Waals surface area contributed by atoms with E-state index < -0.39 is 0 Å². The van der Waals surface area contributed by atoms with E-state index >= 15 is 0 Å². The highest BCUT2D eigenvalue weighted by molar-refractivity contribution is 6.20. The lowest BCUT2D eigenvalue weighted by molar-refractivity contribution is 0.457. The van der Waals surface area contributed by atoms with E-state index in [0.29, 0.717) is 11.5 Å². The highest BCUT2D eigenvalue weighted by Gasteiger charge is 2.01. The number of halogens is 1. The molecule has 0 radical (unpaired) electrons. The Kier molecular flexibility index (Phi) is 6.45. The van der Waals surface area contributed by atoms with Crippen LogP contribution in [0.3, 0.4) is 0 Å². The molecule has 0 fully saturated rings. The summed E-state index contributed by atoms with van der Waals surface area (Å²) in [5.41, 5.74) is 0. The van der Waals surface area contributed by atoms with E-state index in [-0.39, 0.29) is 20.1 Å². The molecule has 0 atom stereocenters. The maximum absolute atomic E-state index is 5.41. The SMILES string of the molecule is CNc1ccc(OBOc2ccc(NC)nc2)cn1.Cl. The predicted molar refractivity (Wildman–Crippen MR) is 83.2 cm³/mol. The first-order valence-electron chi connectivity index (χ1n) is 5.85. The predicted octanol–water partition coefficient (Wildman–Crippen LogP) is 1.71. The Balaban J connectivity index is 0.00000200. The third-order valence-electron chi connectivity index (χ3n) is 2.44. The summed E-state index contributed by atoms with van der Waals surface area (Å²) in [6.45, 7) is 0. The molecule has 2 rings (SSSR count). The van der Waals surface area contributed by atoms with Crippen LogP contribution in [0.25, 0.3) is 0 Å². The van der Waals surface area contributed by atoms with E-state index in [2.05, 4.69) is 20.6 Å². The molecule has 0 spiro atoms. The van der Waals surface area contributed by atoms with Crippen LogP contribution in [0.2, 0.25) is 0 Å². The molecule has 2 aromatic rings. The fourth-order valence-corrected chi connectivity index (χ4v) is 1.39. The molecule has 0 saturated carbocycles. The molecule has 106 valence electrons. The Morgan fingerprint density at radius 2 is 1.30 bits per heavy atom. The molecule has 0 aromatic carbocycles. The second kappa shape index (κ2) is 8.11. The van der Waals surface area contributed by atoms with Gasteiger partial charge in [0.05, 0.1) is 12.4 Å². The van der Waals surface area contributed by atoms with Crippen molar-refractivity contribution in [1.29, 1.82) is 0 Å². The van der Waals surface area contributed by atoms with Crippen LogP contribution in [0.5, 0.6) is 11.5 Å². The quantitative estimate of drug-likeness (QED) is 0.791.